The molecule has 23 heavy (non-hydrogen) atoms. The number of benzene rings is 2. The highest BCUT2D eigenvalue weighted by Gasteiger charge is 2.12. The fourth-order valence-corrected chi connectivity index (χ4v) is 2.03. The minimum Gasteiger partial charge on any atom is -0.508 e. The highest BCUT2D eigenvalue weighted by Crippen LogP contribution is 2.17. The molecule has 3 rings (SSSR count). The van der Waals surface area contributed by atoms with E-state index in [0.29, 0.717) is 5.82 Å². The van der Waals surface area contributed by atoms with Gasteiger partial charge in [-0.25, -0.2) is 4.39 Å². The van der Waals surface area contributed by atoms with Gasteiger partial charge in [0.25, 0.3) is 5.91 Å². The quantitative estimate of drug-likeness (QED) is 0.772. The fraction of sp³-hybridized carbons (Fsp3) is 0.0625. The Morgan fingerprint density at radius 3 is 2.70 bits per heavy atom. The van der Waals surface area contributed by atoms with Crippen molar-refractivity contribution < 1.29 is 18.8 Å². The lowest BCUT2D eigenvalue weighted by atomic mass is 10.1. The highest BCUT2D eigenvalue weighted by atomic mass is 19.1. The molecule has 0 aliphatic heterocycles. The van der Waals surface area contributed by atoms with Crippen molar-refractivity contribution in [2.75, 3.05) is 0 Å². The molecule has 1 amide bonds. The van der Waals surface area contributed by atoms with Crippen molar-refractivity contribution in [1.29, 1.82) is 0 Å². The average Bonchev–Trinajstić information content (AvgIpc) is 3.10. The van der Waals surface area contributed by atoms with Gasteiger partial charge in [-0.3, -0.25) is 4.79 Å². The van der Waals surface area contributed by atoms with E-state index in [9.17, 15) is 14.3 Å². The third kappa shape index (κ3) is 3.34. The summed E-state index contributed by atoms with van der Waals surface area (Å²) >= 11 is 0. The van der Waals surface area contributed by atoms with E-state index in [4.69, 9.17) is 0 Å². The van der Waals surface area contributed by atoms with Crippen molar-refractivity contribution in [3.63, 3.8) is 0 Å². The summed E-state index contributed by atoms with van der Waals surface area (Å²) in [6.07, 6.45) is 1.24. The summed E-state index contributed by atoms with van der Waals surface area (Å²) in [6, 6.07) is 10.5. The number of aromatic hydroxyl groups is 1. The molecule has 7 heteroatoms. The number of nitrogens with zero attached hydrogens (tertiary/aromatic N) is 2. The standard InChI is InChI=1S/C16H12FN3O3/c17-14-6-5-12(21)7-13(14)16(22)18-8-10-1-3-11(4-2-10)15-19-9-23-20-15/h1-7,9,21H,8H2,(H,18,22). The van der Waals surface area contributed by atoms with Crippen LogP contribution in [0.15, 0.2) is 53.4 Å². The van der Waals surface area contributed by atoms with Crippen LogP contribution < -0.4 is 5.32 Å². The third-order valence-corrected chi connectivity index (χ3v) is 3.22. The zero-order valence-electron chi connectivity index (χ0n) is 11.9. The first-order chi connectivity index (χ1) is 11.1. The van der Waals surface area contributed by atoms with E-state index in [-0.39, 0.29) is 17.9 Å². The van der Waals surface area contributed by atoms with Crippen molar-refractivity contribution in [1.82, 2.24) is 15.5 Å². The van der Waals surface area contributed by atoms with Crippen LogP contribution in [0.5, 0.6) is 5.75 Å². The molecule has 0 fully saturated rings. The van der Waals surface area contributed by atoms with Gasteiger partial charge in [0.1, 0.15) is 11.6 Å². The number of hydrogen-bond acceptors (Lipinski definition) is 5. The molecule has 0 aliphatic rings. The molecule has 1 aromatic heterocycles. The lowest BCUT2D eigenvalue weighted by Gasteiger charge is -2.07. The van der Waals surface area contributed by atoms with Crippen molar-refractivity contribution in [3.8, 4) is 17.1 Å². The maximum atomic E-state index is 13.6. The number of amides is 1. The molecule has 0 bridgehead atoms. The third-order valence-electron chi connectivity index (χ3n) is 3.22. The zero-order valence-corrected chi connectivity index (χ0v) is 11.9. The average molecular weight is 313 g/mol. The van der Waals surface area contributed by atoms with Crippen LogP contribution in [0, 0.1) is 5.82 Å². The minimum absolute atomic E-state index is 0.166. The van der Waals surface area contributed by atoms with E-state index in [1.54, 1.807) is 24.3 Å². The molecule has 0 unspecified atom stereocenters. The molecule has 0 aliphatic carbocycles. The van der Waals surface area contributed by atoms with E-state index in [1.807, 2.05) is 0 Å². The number of phenols is 1. The maximum absolute atomic E-state index is 13.6. The Labute approximate surface area is 130 Å². The SMILES string of the molecule is O=C(NCc1ccc(-c2ncon2)cc1)c1cc(O)ccc1F. The van der Waals surface area contributed by atoms with Gasteiger partial charge in [-0.1, -0.05) is 29.4 Å². The summed E-state index contributed by atoms with van der Waals surface area (Å²) in [5.74, 6) is -0.975. The van der Waals surface area contributed by atoms with Crippen LogP contribution in [0.2, 0.25) is 0 Å². The maximum Gasteiger partial charge on any atom is 0.254 e. The Hall–Kier alpha value is -3.22. The molecule has 3 aromatic rings. The van der Waals surface area contributed by atoms with Gasteiger partial charge in [-0.15, -0.1) is 0 Å². The van der Waals surface area contributed by atoms with Gasteiger partial charge in [0, 0.05) is 12.1 Å². The van der Waals surface area contributed by atoms with Gasteiger partial charge in [0.15, 0.2) is 0 Å². The largest absolute Gasteiger partial charge is 0.508 e. The van der Waals surface area contributed by atoms with Crippen LogP contribution >= 0.6 is 0 Å². The van der Waals surface area contributed by atoms with E-state index >= 15 is 0 Å². The topological polar surface area (TPSA) is 88.3 Å². The van der Waals surface area contributed by atoms with Gasteiger partial charge >= 0.3 is 0 Å². The van der Waals surface area contributed by atoms with Crippen molar-refractivity contribution >= 4 is 5.91 Å². The Kier molecular flexibility index (Phi) is 4.01. The molecule has 0 radical (unpaired) electrons. The predicted octanol–water partition coefficient (Wildman–Crippen LogP) is 2.51. The highest BCUT2D eigenvalue weighted by molar-refractivity contribution is 5.94. The summed E-state index contributed by atoms with van der Waals surface area (Å²) in [6.45, 7) is 0.223. The van der Waals surface area contributed by atoms with Crippen LogP contribution in [0.4, 0.5) is 4.39 Å². The second kappa shape index (κ2) is 6.27. The van der Waals surface area contributed by atoms with Gasteiger partial charge < -0.3 is 14.9 Å². The number of rotatable bonds is 4. The number of carbonyl (C=O) groups is 1. The van der Waals surface area contributed by atoms with Gasteiger partial charge in [-0.2, -0.15) is 4.98 Å². The first-order valence-electron chi connectivity index (χ1n) is 6.76. The molecule has 2 aromatic carbocycles. The molecule has 0 atom stereocenters. The summed E-state index contributed by atoms with van der Waals surface area (Å²) in [5.41, 5.74) is 1.41. The van der Waals surface area contributed by atoms with Crippen LogP contribution in [-0.2, 0) is 6.54 Å². The molecule has 6 nitrogen and oxygen atoms in total. The Morgan fingerprint density at radius 2 is 2.00 bits per heavy atom. The zero-order chi connectivity index (χ0) is 16.2. The van der Waals surface area contributed by atoms with Crippen molar-refractivity contribution in [2.24, 2.45) is 0 Å². The van der Waals surface area contributed by atoms with Gasteiger partial charge in [0.2, 0.25) is 12.2 Å². The molecule has 0 saturated carbocycles. The second-order valence-corrected chi connectivity index (χ2v) is 4.80. The predicted molar refractivity (Wildman–Crippen MR) is 79.0 cm³/mol. The molecule has 0 spiro atoms. The Bertz CT molecular complexity index is 817. The smallest absolute Gasteiger partial charge is 0.254 e. The van der Waals surface area contributed by atoms with Crippen LogP contribution in [0.1, 0.15) is 15.9 Å². The number of aromatic nitrogens is 2. The van der Waals surface area contributed by atoms with Crippen LogP contribution in [0.3, 0.4) is 0 Å². The van der Waals surface area contributed by atoms with Crippen LogP contribution in [0.25, 0.3) is 11.4 Å². The molecular formula is C16H12FN3O3. The Morgan fingerprint density at radius 1 is 1.22 bits per heavy atom. The van der Waals surface area contributed by atoms with Crippen molar-refractivity contribution in [2.45, 2.75) is 6.54 Å². The second-order valence-electron chi connectivity index (χ2n) is 4.80. The van der Waals surface area contributed by atoms with E-state index < -0.39 is 11.7 Å². The van der Waals surface area contributed by atoms with E-state index in [0.717, 1.165) is 23.3 Å². The lowest BCUT2D eigenvalue weighted by molar-refractivity contribution is 0.0946. The number of phenolic OH excluding ortho intramolecular Hbond substituents is 1. The summed E-state index contributed by atoms with van der Waals surface area (Å²) in [5, 5.41) is 15.7. The molecule has 2 N–H and O–H groups in total. The summed E-state index contributed by atoms with van der Waals surface area (Å²) in [4.78, 5) is 15.9. The van der Waals surface area contributed by atoms with Crippen LogP contribution in [-0.4, -0.2) is 21.2 Å². The summed E-state index contributed by atoms with van der Waals surface area (Å²) < 4.78 is 18.2. The lowest BCUT2D eigenvalue weighted by Crippen LogP contribution is -2.23. The fourth-order valence-electron chi connectivity index (χ4n) is 2.03. The molecular weight excluding hydrogens is 301 g/mol. The molecule has 116 valence electrons. The summed E-state index contributed by atoms with van der Waals surface area (Å²) in [7, 11) is 0. The minimum atomic E-state index is -0.687. The number of hydrogen-bond donors (Lipinski definition) is 2. The van der Waals surface area contributed by atoms with Gasteiger partial charge in [0.05, 0.1) is 5.56 Å². The van der Waals surface area contributed by atoms with E-state index in [2.05, 4.69) is 20.0 Å². The Balaban J connectivity index is 1.66. The van der Waals surface area contributed by atoms with E-state index in [1.165, 1.54) is 12.5 Å². The normalized spacial score (nSPS) is 10.5. The molecule has 0 saturated heterocycles. The number of halogens is 1. The first kappa shape index (κ1) is 14.7. The van der Waals surface area contributed by atoms with Crippen molar-refractivity contribution in [3.05, 3.63) is 65.8 Å². The first-order valence-corrected chi connectivity index (χ1v) is 6.76. The molecule has 1 heterocycles. The van der Waals surface area contributed by atoms with Gasteiger partial charge in [-0.05, 0) is 23.8 Å². The number of nitrogens with one attached hydrogen (secondary N) is 1. The monoisotopic (exact) mass is 313 g/mol. The number of carbonyl (C=O) groups excluding carboxylic acids is 1.